The summed E-state index contributed by atoms with van der Waals surface area (Å²) in [5.41, 5.74) is 0.958. The summed E-state index contributed by atoms with van der Waals surface area (Å²) in [7, 11) is 4.03. The van der Waals surface area contributed by atoms with E-state index in [1.54, 1.807) is 0 Å². The predicted octanol–water partition coefficient (Wildman–Crippen LogP) is 1.75. The largest absolute Gasteiger partial charge is 0.304 e. The molecule has 0 saturated heterocycles. The Morgan fingerprint density at radius 3 is 3.00 bits per heavy atom. The van der Waals surface area contributed by atoms with E-state index in [0.29, 0.717) is 0 Å². The molecule has 0 saturated carbocycles. The Balaban J connectivity index is 2.47. The van der Waals surface area contributed by atoms with Gasteiger partial charge in [0.25, 0.3) is 0 Å². The highest BCUT2D eigenvalue weighted by Crippen LogP contribution is 2.07. The SMILES string of the molecule is CN(C)CC=Nc1c[c]ccc1. The Kier molecular flexibility index (Phi) is 3.48. The molecule has 0 heterocycles. The van der Waals surface area contributed by atoms with Gasteiger partial charge in [0.15, 0.2) is 0 Å². The Morgan fingerprint density at radius 1 is 1.58 bits per heavy atom. The van der Waals surface area contributed by atoms with Gasteiger partial charge in [-0.15, -0.1) is 0 Å². The first-order valence-electron chi connectivity index (χ1n) is 3.92. The quantitative estimate of drug-likeness (QED) is 0.617. The molecule has 0 atom stereocenters. The van der Waals surface area contributed by atoms with Crippen molar-refractivity contribution in [2.24, 2.45) is 4.99 Å². The molecule has 63 valence electrons. The molecule has 12 heavy (non-hydrogen) atoms. The van der Waals surface area contributed by atoms with Gasteiger partial charge in [0, 0.05) is 12.8 Å². The van der Waals surface area contributed by atoms with E-state index in [9.17, 15) is 0 Å². The van der Waals surface area contributed by atoms with Crippen molar-refractivity contribution in [3.8, 4) is 0 Å². The summed E-state index contributed by atoms with van der Waals surface area (Å²) in [5, 5.41) is 0. The summed E-state index contributed by atoms with van der Waals surface area (Å²) in [6, 6.07) is 10.6. The molecule has 0 aliphatic carbocycles. The van der Waals surface area contributed by atoms with E-state index in [4.69, 9.17) is 0 Å². The van der Waals surface area contributed by atoms with Crippen LogP contribution in [0.2, 0.25) is 0 Å². The van der Waals surface area contributed by atoms with Crippen molar-refractivity contribution in [3.63, 3.8) is 0 Å². The number of aliphatic imine (C=N–C) groups is 1. The van der Waals surface area contributed by atoms with E-state index in [1.807, 2.05) is 44.6 Å². The Morgan fingerprint density at radius 2 is 2.42 bits per heavy atom. The molecule has 0 bridgehead atoms. The standard InChI is InChI=1S/C10H13N2/c1-12(2)9-8-11-10-6-4-3-5-7-10/h3-4,6-8H,9H2,1-2H3. The third kappa shape index (κ3) is 3.30. The van der Waals surface area contributed by atoms with Gasteiger partial charge < -0.3 is 4.90 Å². The van der Waals surface area contributed by atoms with Crippen LogP contribution in [0.5, 0.6) is 0 Å². The first-order valence-corrected chi connectivity index (χ1v) is 3.92. The zero-order valence-electron chi connectivity index (χ0n) is 7.49. The fourth-order valence-electron chi connectivity index (χ4n) is 0.774. The number of nitrogens with zero attached hydrogens (tertiary/aromatic N) is 2. The molecule has 1 rings (SSSR count). The van der Waals surface area contributed by atoms with Gasteiger partial charge in [0.1, 0.15) is 0 Å². The summed E-state index contributed by atoms with van der Waals surface area (Å²) >= 11 is 0. The van der Waals surface area contributed by atoms with Gasteiger partial charge in [-0.25, -0.2) is 0 Å². The van der Waals surface area contributed by atoms with Crippen molar-refractivity contribution in [1.29, 1.82) is 0 Å². The minimum Gasteiger partial charge on any atom is -0.304 e. The van der Waals surface area contributed by atoms with E-state index < -0.39 is 0 Å². The van der Waals surface area contributed by atoms with Crippen LogP contribution in [0.25, 0.3) is 0 Å². The number of hydrogen-bond donors (Lipinski definition) is 0. The van der Waals surface area contributed by atoms with E-state index in [-0.39, 0.29) is 0 Å². The molecule has 1 radical (unpaired) electrons. The van der Waals surface area contributed by atoms with Crippen LogP contribution in [-0.4, -0.2) is 31.8 Å². The van der Waals surface area contributed by atoms with E-state index in [2.05, 4.69) is 16.0 Å². The van der Waals surface area contributed by atoms with Crippen molar-refractivity contribution in [2.45, 2.75) is 0 Å². The van der Waals surface area contributed by atoms with Gasteiger partial charge in [-0.1, -0.05) is 12.1 Å². The molecular formula is C10H13N2. The third-order valence-corrected chi connectivity index (χ3v) is 1.38. The zero-order valence-corrected chi connectivity index (χ0v) is 7.49. The molecule has 1 aromatic rings. The van der Waals surface area contributed by atoms with E-state index in [0.717, 1.165) is 12.2 Å². The molecule has 0 unspecified atom stereocenters. The molecule has 0 aliphatic heterocycles. The summed E-state index contributed by atoms with van der Waals surface area (Å²) in [4.78, 5) is 6.31. The van der Waals surface area contributed by atoms with Gasteiger partial charge in [0.2, 0.25) is 0 Å². The normalized spacial score (nSPS) is 11.2. The second-order valence-electron chi connectivity index (χ2n) is 2.84. The van der Waals surface area contributed by atoms with Crippen molar-refractivity contribution >= 4 is 11.9 Å². The monoisotopic (exact) mass is 161 g/mol. The van der Waals surface area contributed by atoms with Crippen LogP contribution in [-0.2, 0) is 0 Å². The zero-order chi connectivity index (χ0) is 8.81. The first kappa shape index (κ1) is 8.94. The molecule has 0 fully saturated rings. The van der Waals surface area contributed by atoms with Gasteiger partial charge in [0.05, 0.1) is 5.69 Å². The third-order valence-electron chi connectivity index (χ3n) is 1.38. The second-order valence-corrected chi connectivity index (χ2v) is 2.84. The van der Waals surface area contributed by atoms with Gasteiger partial charge in [-0.3, -0.25) is 4.99 Å². The molecule has 2 heteroatoms. The van der Waals surface area contributed by atoms with Gasteiger partial charge in [-0.05, 0) is 32.3 Å². The van der Waals surface area contributed by atoms with Crippen molar-refractivity contribution in [2.75, 3.05) is 20.6 Å². The molecular weight excluding hydrogens is 148 g/mol. The predicted molar refractivity (Wildman–Crippen MR) is 52.0 cm³/mol. The Labute approximate surface area is 73.5 Å². The molecule has 0 amide bonds. The summed E-state index contributed by atoms with van der Waals surface area (Å²) in [6.45, 7) is 0.870. The lowest BCUT2D eigenvalue weighted by atomic mass is 10.3. The lowest BCUT2D eigenvalue weighted by Gasteiger charge is -2.02. The average molecular weight is 161 g/mol. The number of rotatable bonds is 3. The Bertz CT molecular complexity index is 239. The highest BCUT2D eigenvalue weighted by atomic mass is 15.1. The summed E-state index contributed by atoms with van der Waals surface area (Å²) in [5.74, 6) is 0. The summed E-state index contributed by atoms with van der Waals surface area (Å²) in [6.07, 6.45) is 1.89. The minimum absolute atomic E-state index is 0.870. The lowest BCUT2D eigenvalue weighted by molar-refractivity contribution is 0.473. The van der Waals surface area contributed by atoms with Crippen molar-refractivity contribution < 1.29 is 0 Å². The van der Waals surface area contributed by atoms with Crippen molar-refractivity contribution in [1.82, 2.24) is 4.90 Å². The Hall–Kier alpha value is -1.15. The van der Waals surface area contributed by atoms with Crippen LogP contribution in [0.15, 0.2) is 29.3 Å². The molecule has 2 nitrogen and oxygen atoms in total. The fourth-order valence-corrected chi connectivity index (χ4v) is 0.774. The van der Waals surface area contributed by atoms with Gasteiger partial charge in [-0.2, -0.15) is 0 Å². The molecule has 1 aromatic carbocycles. The maximum atomic E-state index is 4.25. The van der Waals surface area contributed by atoms with Crippen molar-refractivity contribution in [3.05, 3.63) is 30.3 Å². The first-order chi connectivity index (χ1) is 5.79. The molecule has 0 spiro atoms. The average Bonchev–Trinajstić information content (AvgIpc) is 2.05. The molecule has 0 N–H and O–H groups in total. The van der Waals surface area contributed by atoms with Crippen LogP contribution in [0.1, 0.15) is 0 Å². The van der Waals surface area contributed by atoms with Crippen LogP contribution in [0, 0.1) is 6.07 Å². The second kappa shape index (κ2) is 4.67. The van der Waals surface area contributed by atoms with Crippen LogP contribution in [0.4, 0.5) is 5.69 Å². The molecule has 0 aliphatic rings. The molecule has 0 aromatic heterocycles. The van der Waals surface area contributed by atoms with E-state index in [1.165, 1.54) is 0 Å². The smallest absolute Gasteiger partial charge is 0.0632 e. The highest BCUT2D eigenvalue weighted by molar-refractivity contribution is 5.64. The maximum absolute atomic E-state index is 4.25. The van der Waals surface area contributed by atoms with Crippen LogP contribution < -0.4 is 0 Å². The summed E-state index contributed by atoms with van der Waals surface area (Å²) < 4.78 is 0. The van der Waals surface area contributed by atoms with Crippen LogP contribution >= 0.6 is 0 Å². The minimum atomic E-state index is 0.870. The lowest BCUT2D eigenvalue weighted by Crippen LogP contribution is -2.13. The number of hydrogen-bond acceptors (Lipinski definition) is 2. The fraction of sp³-hybridized carbons (Fsp3) is 0.300. The maximum Gasteiger partial charge on any atom is 0.0632 e. The van der Waals surface area contributed by atoms with Crippen LogP contribution in [0.3, 0.4) is 0 Å². The number of benzene rings is 1. The van der Waals surface area contributed by atoms with Gasteiger partial charge >= 0.3 is 0 Å². The highest BCUT2D eigenvalue weighted by Gasteiger charge is 1.85. The van der Waals surface area contributed by atoms with E-state index >= 15 is 0 Å². The topological polar surface area (TPSA) is 15.6 Å².